The number of methoxy groups -OCH3 is 1. The van der Waals surface area contributed by atoms with E-state index < -0.39 is 14.6 Å². The second-order valence-corrected chi connectivity index (χ2v) is 10.9. The molecule has 2 heterocycles. The highest BCUT2D eigenvalue weighted by molar-refractivity contribution is 7.92. The number of fused-ring (bicyclic) bond motifs is 1. The molecule has 0 aliphatic heterocycles. The topological polar surface area (TPSA) is 93.3 Å². The van der Waals surface area contributed by atoms with Crippen molar-refractivity contribution < 1.29 is 17.9 Å². The number of aromatic nitrogens is 2. The van der Waals surface area contributed by atoms with Crippen molar-refractivity contribution in [3.05, 3.63) is 41.7 Å². The van der Waals surface area contributed by atoms with Crippen LogP contribution in [0.25, 0.3) is 10.9 Å². The molecule has 0 amide bonds. The van der Waals surface area contributed by atoms with E-state index >= 15 is 0 Å². The molecule has 2 N–H and O–H groups in total. The Bertz CT molecular complexity index is 1160. The second-order valence-electron chi connectivity index (χ2n) is 8.23. The molecule has 0 radical (unpaired) electrons. The van der Waals surface area contributed by atoms with E-state index in [1.165, 1.54) is 0 Å². The molecule has 0 fully saturated rings. The zero-order valence-electron chi connectivity index (χ0n) is 18.3. The van der Waals surface area contributed by atoms with Gasteiger partial charge in [0.05, 0.1) is 22.6 Å². The van der Waals surface area contributed by atoms with Gasteiger partial charge in [-0.1, -0.05) is 0 Å². The standard InChI is InChI=1S/C22H29N3O4S/c1-14-13-24-21(15(14)2)25-17-7-8-23-18-12-19(29-10-9-28-6)20(11-16(17)18)30(26,27)22(3,4)5/h7-8,11-13,24H,9-10H2,1-6H3,(H,23,25). The van der Waals surface area contributed by atoms with Crippen LogP contribution in [0.1, 0.15) is 31.9 Å². The molecular formula is C22H29N3O4S. The SMILES string of the molecule is COCCOc1cc2nccc(Nc3[nH]cc(C)c3C)c2cc1S(=O)(=O)C(C)(C)C. The van der Waals surface area contributed by atoms with Gasteiger partial charge in [-0.25, -0.2) is 8.42 Å². The summed E-state index contributed by atoms with van der Waals surface area (Å²) in [5, 5.41) is 4.07. The molecule has 0 unspecified atom stereocenters. The molecule has 0 saturated carbocycles. The Balaban J connectivity index is 2.18. The Kier molecular flexibility index (Phi) is 6.10. The largest absolute Gasteiger partial charge is 0.490 e. The van der Waals surface area contributed by atoms with E-state index in [0.29, 0.717) is 17.5 Å². The van der Waals surface area contributed by atoms with Gasteiger partial charge in [0.1, 0.15) is 23.1 Å². The Labute approximate surface area is 177 Å². The monoisotopic (exact) mass is 431 g/mol. The Morgan fingerprint density at radius 3 is 2.50 bits per heavy atom. The summed E-state index contributed by atoms with van der Waals surface area (Å²) in [6, 6.07) is 5.16. The van der Waals surface area contributed by atoms with Crippen molar-refractivity contribution in [2.24, 2.45) is 0 Å². The van der Waals surface area contributed by atoms with Gasteiger partial charge in [0.15, 0.2) is 9.84 Å². The third-order valence-corrected chi connectivity index (χ3v) is 7.62. The number of nitrogens with one attached hydrogen (secondary N) is 2. The summed E-state index contributed by atoms with van der Waals surface area (Å²) in [6.45, 7) is 9.69. The maximum Gasteiger partial charge on any atom is 0.186 e. The maximum atomic E-state index is 13.3. The summed E-state index contributed by atoms with van der Waals surface area (Å²) in [6.07, 6.45) is 3.62. The lowest BCUT2D eigenvalue weighted by atomic mass is 10.1. The summed E-state index contributed by atoms with van der Waals surface area (Å²) in [5.41, 5.74) is 3.64. The molecule has 0 aliphatic rings. The summed E-state index contributed by atoms with van der Waals surface area (Å²) in [7, 11) is -2.09. The van der Waals surface area contributed by atoms with Gasteiger partial charge in [-0.3, -0.25) is 4.98 Å². The number of ether oxygens (including phenoxy) is 2. The van der Waals surface area contributed by atoms with E-state index in [1.807, 2.05) is 26.1 Å². The predicted molar refractivity (Wildman–Crippen MR) is 120 cm³/mol. The van der Waals surface area contributed by atoms with Crippen LogP contribution in [0, 0.1) is 13.8 Å². The first kappa shape index (κ1) is 22.1. The van der Waals surface area contributed by atoms with Crippen molar-refractivity contribution >= 4 is 32.2 Å². The van der Waals surface area contributed by atoms with Crippen molar-refractivity contribution in [2.75, 3.05) is 25.6 Å². The third kappa shape index (κ3) is 4.15. The zero-order chi connectivity index (χ0) is 22.1. The van der Waals surface area contributed by atoms with E-state index in [9.17, 15) is 8.42 Å². The maximum absolute atomic E-state index is 13.3. The van der Waals surface area contributed by atoms with Gasteiger partial charge in [0.25, 0.3) is 0 Å². The normalized spacial score (nSPS) is 12.3. The number of benzene rings is 1. The highest BCUT2D eigenvalue weighted by atomic mass is 32.2. The molecule has 30 heavy (non-hydrogen) atoms. The van der Waals surface area contributed by atoms with Crippen LogP contribution in [0.5, 0.6) is 5.75 Å². The van der Waals surface area contributed by atoms with Crippen molar-refractivity contribution in [2.45, 2.75) is 44.3 Å². The molecule has 162 valence electrons. The molecule has 7 nitrogen and oxygen atoms in total. The number of aromatic amines is 1. The van der Waals surface area contributed by atoms with E-state index in [0.717, 1.165) is 22.6 Å². The van der Waals surface area contributed by atoms with Gasteiger partial charge in [-0.15, -0.1) is 0 Å². The summed E-state index contributed by atoms with van der Waals surface area (Å²) >= 11 is 0. The number of rotatable bonds is 7. The van der Waals surface area contributed by atoms with E-state index in [1.54, 1.807) is 46.2 Å². The predicted octanol–water partition coefficient (Wildman–Crippen LogP) is 4.52. The zero-order valence-corrected chi connectivity index (χ0v) is 19.1. The lowest BCUT2D eigenvalue weighted by Crippen LogP contribution is -2.28. The summed E-state index contributed by atoms with van der Waals surface area (Å²) < 4.78 is 36.5. The van der Waals surface area contributed by atoms with Gasteiger partial charge in [0, 0.05) is 31.0 Å². The van der Waals surface area contributed by atoms with Crippen molar-refractivity contribution in [1.29, 1.82) is 0 Å². The number of sulfone groups is 1. The van der Waals surface area contributed by atoms with Crippen LogP contribution >= 0.6 is 0 Å². The van der Waals surface area contributed by atoms with Gasteiger partial charge in [-0.05, 0) is 57.9 Å². The Morgan fingerprint density at radius 1 is 1.17 bits per heavy atom. The minimum absolute atomic E-state index is 0.147. The molecular weight excluding hydrogens is 402 g/mol. The summed E-state index contributed by atoms with van der Waals surface area (Å²) in [4.78, 5) is 7.79. The van der Waals surface area contributed by atoms with Crippen LogP contribution in [0.4, 0.5) is 11.5 Å². The molecule has 2 aromatic heterocycles. The lowest BCUT2D eigenvalue weighted by Gasteiger charge is -2.22. The van der Waals surface area contributed by atoms with Gasteiger partial charge in [-0.2, -0.15) is 0 Å². The fourth-order valence-corrected chi connectivity index (χ4v) is 4.32. The highest BCUT2D eigenvalue weighted by Gasteiger charge is 2.34. The van der Waals surface area contributed by atoms with Crippen molar-refractivity contribution in [3.8, 4) is 5.75 Å². The van der Waals surface area contributed by atoms with Gasteiger partial charge in [0.2, 0.25) is 0 Å². The van der Waals surface area contributed by atoms with Crippen LogP contribution < -0.4 is 10.1 Å². The summed E-state index contributed by atoms with van der Waals surface area (Å²) in [5.74, 6) is 1.15. The van der Waals surface area contributed by atoms with Crippen LogP contribution in [0.3, 0.4) is 0 Å². The van der Waals surface area contributed by atoms with Crippen LogP contribution in [-0.2, 0) is 14.6 Å². The minimum Gasteiger partial charge on any atom is -0.490 e. The number of H-pyrrole nitrogens is 1. The highest BCUT2D eigenvalue weighted by Crippen LogP contribution is 2.37. The molecule has 3 aromatic rings. The van der Waals surface area contributed by atoms with Crippen molar-refractivity contribution in [3.63, 3.8) is 0 Å². The average Bonchev–Trinajstić information content (AvgIpc) is 2.99. The number of hydrogen-bond acceptors (Lipinski definition) is 6. The van der Waals surface area contributed by atoms with Gasteiger partial charge < -0.3 is 19.8 Å². The molecule has 0 spiro atoms. The first-order valence-electron chi connectivity index (χ1n) is 9.77. The number of nitrogens with zero attached hydrogens (tertiary/aromatic N) is 1. The second kappa shape index (κ2) is 8.28. The Morgan fingerprint density at radius 2 is 1.90 bits per heavy atom. The minimum atomic E-state index is -3.66. The molecule has 0 bridgehead atoms. The fourth-order valence-electron chi connectivity index (χ4n) is 3.01. The fraction of sp³-hybridized carbons (Fsp3) is 0.409. The molecule has 0 saturated heterocycles. The molecule has 1 aromatic carbocycles. The first-order valence-corrected chi connectivity index (χ1v) is 11.3. The number of pyridine rings is 1. The van der Waals surface area contributed by atoms with Crippen LogP contribution in [-0.4, -0.2) is 43.5 Å². The van der Waals surface area contributed by atoms with E-state index in [2.05, 4.69) is 15.3 Å². The average molecular weight is 432 g/mol. The Hall–Kier alpha value is -2.58. The van der Waals surface area contributed by atoms with Crippen molar-refractivity contribution in [1.82, 2.24) is 9.97 Å². The third-order valence-electron chi connectivity index (χ3n) is 5.11. The number of anilines is 2. The smallest absolute Gasteiger partial charge is 0.186 e. The lowest BCUT2D eigenvalue weighted by molar-refractivity contribution is 0.144. The molecule has 3 rings (SSSR count). The van der Waals surface area contributed by atoms with Gasteiger partial charge >= 0.3 is 0 Å². The van der Waals surface area contributed by atoms with Crippen LogP contribution in [0.2, 0.25) is 0 Å². The number of aryl methyl sites for hydroxylation is 1. The molecule has 8 heteroatoms. The molecule has 0 atom stereocenters. The quantitative estimate of drug-likeness (QED) is 0.534. The van der Waals surface area contributed by atoms with E-state index in [4.69, 9.17) is 9.47 Å². The first-order chi connectivity index (χ1) is 14.1. The number of hydrogen-bond donors (Lipinski definition) is 2. The van der Waals surface area contributed by atoms with Crippen LogP contribution in [0.15, 0.2) is 35.5 Å². The van der Waals surface area contributed by atoms with E-state index in [-0.39, 0.29) is 17.3 Å². The molecule has 0 aliphatic carbocycles.